The van der Waals surface area contributed by atoms with Gasteiger partial charge in [0.25, 0.3) is 0 Å². The van der Waals surface area contributed by atoms with E-state index in [4.69, 9.17) is 16.3 Å². The molecule has 160 valence electrons. The second kappa shape index (κ2) is 7.82. The largest absolute Gasteiger partial charge is 0.412 e. The topological polar surface area (TPSA) is 118 Å². The first kappa shape index (κ1) is 19.8. The highest BCUT2D eigenvalue weighted by molar-refractivity contribution is 6.31. The predicted molar refractivity (Wildman–Crippen MR) is 116 cm³/mol. The van der Waals surface area contributed by atoms with Gasteiger partial charge in [-0.05, 0) is 43.9 Å². The SMILES string of the molecule is Cn1nc(-c2cnc3[nH]cc(OC(=O)N[C@@H]4CCC[C@H](O)C4)c3n2)c2ccc(Cl)cc21. The van der Waals surface area contributed by atoms with E-state index in [1.807, 2.05) is 19.2 Å². The summed E-state index contributed by atoms with van der Waals surface area (Å²) in [5.74, 6) is 0.279. The molecule has 0 unspecified atom stereocenters. The number of hydrogen-bond acceptors (Lipinski definition) is 6. The summed E-state index contributed by atoms with van der Waals surface area (Å²) in [6.45, 7) is 0. The minimum absolute atomic E-state index is 0.102. The molecule has 0 aliphatic heterocycles. The van der Waals surface area contributed by atoms with E-state index in [2.05, 4.69) is 25.4 Å². The summed E-state index contributed by atoms with van der Waals surface area (Å²) < 4.78 is 7.24. The smallest absolute Gasteiger partial charge is 0.406 e. The molecule has 3 N–H and O–H groups in total. The molecular formula is C21H21ClN6O3. The van der Waals surface area contributed by atoms with Crippen LogP contribution in [0.4, 0.5) is 4.79 Å². The van der Waals surface area contributed by atoms with Crippen molar-refractivity contribution >= 4 is 39.8 Å². The van der Waals surface area contributed by atoms with Crippen LogP contribution in [0.15, 0.2) is 30.6 Å². The van der Waals surface area contributed by atoms with Crippen LogP contribution in [0.5, 0.6) is 5.75 Å². The molecule has 1 aromatic carbocycles. The molecule has 31 heavy (non-hydrogen) atoms. The number of H-pyrrole nitrogens is 1. The highest BCUT2D eigenvalue weighted by atomic mass is 35.5. The zero-order valence-corrected chi connectivity index (χ0v) is 17.6. The number of carbonyl (C=O) groups excluding carboxylic acids is 1. The molecule has 3 aromatic heterocycles. The maximum atomic E-state index is 12.4. The summed E-state index contributed by atoms with van der Waals surface area (Å²) in [4.78, 5) is 24.4. The van der Waals surface area contributed by atoms with Crippen molar-refractivity contribution in [1.82, 2.24) is 30.0 Å². The Morgan fingerprint density at radius 1 is 1.39 bits per heavy atom. The van der Waals surface area contributed by atoms with Gasteiger partial charge in [-0.1, -0.05) is 11.6 Å². The van der Waals surface area contributed by atoms with Crippen LogP contribution in [-0.2, 0) is 7.05 Å². The molecule has 0 bridgehead atoms. The molecule has 1 amide bonds. The molecule has 9 nitrogen and oxygen atoms in total. The van der Waals surface area contributed by atoms with Crippen molar-refractivity contribution in [2.75, 3.05) is 0 Å². The first-order valence-corrected chi connectivity index (χ1v) is 10.5. The molecule has 0 spiro atoms. The van der Waals surface area contributed by atoms with Gasteiger partial charge in [-0.2, -0.15) is 5.10 Å². The molecule has 0 radical (unpaired) electrons. The summed E-state index contributed by atoms with van der Waals surface area (Å²) in [5, 5.41) is 18.7. The van der Waals surface area contributed by atoms with E-state index in [0.717, 1.165) is 30.2 Å². The number of amides is 1. The minimum atomic E-state index is -0.579. The van der Waals surface area contributed by atoms with Crippen molar-refractivity contribution < 1.29 is 14.6 Å². The van der Waals surface area contributed by atoms with Gasteiger partial charge in [0.05, 0.1) is 17.8 Å². The Kier molecular flexibility index (Phi) is 4.99. The molecule has 1 fully saturated rings. The summed E-state index contributed by atoms with van der Waals surface area (Å²) in [6.07, 6.45) is 5.21. The van der Waals surface area contributed by atoms with Crippen molar-refractivity contribution in [1.29, 1.82) is 0 Å². The summed E-state index contributed by atoms with van der Waals surface area (Å²) in [5.41, 5.74) is 3.04. The number of nitrogens with one attached hydrogen (secondary N) is 2. The molecule has 4 aromatic rings. The van der Waals surface area contributed by atoms with E-state index in [1.54, 1.807) is 23.1 Å². The molecule has 1 aliphatic carbocycles. The quantitative estimate of drug-likeness (QED) is 0.448. The third-order valence-corrected chi connectivity index (χ3v) is 5.81. The van der Waals surface area contributed by atoms with Crippen LogP contribution in [0.1, 0.15) is 25.7 Å². The Morgan fingerprint density at radius 3 is 3.10 bits per heavy atom. The monoisotopic (exact) mass is 440 g/mol. The Balaban J connectivity index is 1.43. The van der Waals surface area contributed by atoms with E-state index < -0.39 is 6.09 Å². The molecule has 2 atom stereocenters. The molecule has 10 heteroatoms. The van der Waals surface area contributed by atoms with Crippen molar-refractivity contribution in [2.24, 2.45) is 7.05 Å². The van der Waals surface area contributed by atoms with Gasteiger partial charge in [0, 0.05) is 29.7 Å². The van der Waals surface area contributed by atoms with Crippen LogP contribution < -0.4 is 10.1 Å². The number of ether oxygens (including phenoxy) is 1. The Morgan fingerprint density at radius 2 is 2.26 bits per heavy atom. The van der Waals surface area contributed by atoms with Crippen molar-refractivity contribution in [3.8, 4) is 17.1 Å². The number of carbonyl (C=O) groups is 1. The van der Waals surface area contributed by atoms with Gasteiger partial charge in [-0.3, -0.25) is 4.68 Å². The van der Waals surface area contributed by atoms with Crippen LogP contribution in [0.2, 0.25) is 5.02 Å². The van der Waals surface area contributed by atoms with Gasteiger partial charge in [-0.15, -0.1) is 0 Å². The summed E-state index contributed by atoms with van der Waals surface area (Å²) in [7, 11) is 1.84. The minimum Gasteiger partial charge on any atom is -0.406 e. The fraction of sp³-hybridized carbons (Fsp3) is 0.333. The van der Waals surface area contributed by atoms with Gasteiger partial charge >= 0.3 is 6.09 Å². The van der Waals surface area contributed by atoms with Gasteiger partial charge in [0.2, 0.25) is 0 Å². The summed E-state index contributed by atoms with van der Waals surface area (Å²) in [6, 6.07) is 5.44. The zero-order chi connectivity index (χ0) is 21.5. The number of nitrogens with zero attached hydrogens (tertiary/aromatic N) is 4. The van der Waals surface area contributed by atoms with E-state index in [9.17, 15) is 9.90 Å². The third-order valence-electron chi connectivity index (χ3n) is 5.57. The Labute approximate surface area is 182 Å². The fourth-order valence-electron chi connectivity index (χ4n) is 4.07. The van der Waals surface area contributed by atoms with Gasteiger partial charge < -0.3 is 20.1 Å². The first-order valence-electron chi connectivity index (χ1n) is 10.1. The lowest BCUT2D eigenvalue weighted by atomic mass is 9.93. The number of fused-ring (bicyclic) bond motifs is 2. The normalized spacial score (nSPS) is 19.1. The van der Waals surface area contributed by atoms with Crippen LogP contribution in [0, 0.1) is 0 Å². The lowest BCUT2D eigenvalue weighted by Crippen LogP contribution is -2.41. The molecule has 1 saturated carbocycles. The third kappa shape index (κ3) is 3.82. The number of aryl methyl sites for hydroxylation is 1. The van der Waals surface area contributed by atoms with E-state index in [1.165, 1.54) is 0 Å². The lowest BCUT2D eigenvalue weighted by Gasteiger charge is -2.26. The van der Waals surface area contributed by atoms with Gasteiger partial charge in [-0.25, -0.2) is 14.8 Å². The predicted octanol–water partition coefficient (Wildman–Crippen LogP) is 3.56. The Bertz CT molecular complexity index is 1280. The molecular weight excluding hydrogens is 420 g/mol. The van der Waals surface area contributed by atoms with Crippen LogP contribution in [0.25, 0.3) is 33.5 Å². The highest BCUT2D eigenvalue weighted by Crippen LogP contribution is 2.30. The number of aliphatic hydroxyl groups is 1. The van der Waals surface area contributed by atoms with E-state index in [-0.39, 0.29) is 17.9 Å². The average molecular weight is 441 g/mol. The number of hydrogen-bond donors (Lipinski definition) is 3. The van der Waals surface area contributed by atoms with Crippen molar-refractivity contribution in [2.45, 2.75) is 37.8 Å². The average Bonchev–Trinajstić information content (AvgIpc) is 3.28. The number of benzene rings is 1. The van der Waals surface area contributed by atoms with Gasteiger partial charge in [0.15, 0.2) is 16.9 Å². The molecule has 3 heterocycles. The first-order chi connectivity index (χ1) is 15.0. The number of aliphatic hydroxyl groups excluding tert-OH is 1. The van der Waals surface area contributed by atoms with Crippen LogP contribution in [0.3, 0.4) is 0 Å². The van der Waals surface area contributed by atoms with Crippen molar-refractivity contribution in [3.05, 3.63) is 35.6 Å². The number of halogens is 1. The van der Waals surface area contributed by atoms with Crippen LogP contribution >= 0.6 is 11.6 Å². The second-order valence-corrected chi connectivity index (χ2v) is 8.23. The van der Waals surface area contributed by atoms with E-state index in [0.29, 0.717) is 34.0 Å². The molecule has 1 aliphatic rings. The molecule has 5 rings (SSSR count). The maximum Gasteiger partial charge on any atom is 0.412 e. The number of rotatable bonds is 3. The highest BCUT2D eigenvalue weighted by Gasteiger charge is 2.23. The maximum absolute atomic E-state index is 12.4. The zero-order valence-electron chi connectivity index (χ0n) is 16.8. The second-order valence-electron chi connectivity index (χ2n) is 7.79. The summed E-state index contributed by atoms with van der Waals surface area (Å²) >= 11 is 6.11. The number of aromatic nitrogens is 5. The van der Waals surface area contributed by atoms with Crippen molar-refractivity contribution in [3.63, 3.8) is 0 Å². The lowest BCUT2D eigenvalue weighted by molar-refractivity contribution is 0.110. The van der Waals surface area contributed by atoms with Gasteiger partial charge in [0.1, 0.15) is 11.4 Å². The number of aromatic amines is 1. The Hall–Kier alpha value is -3.17. The van der Waals surface area contributed by atoms with E-state index >= 15 is 0 Å². The fourth-order valence-corrected chi connectivity index (χ4v) is 4.24. The van der Waals surface area contributed by atoms with Crippen LogP contribution in [-0.4, -0.2) is 48.1 Å². The standard InChI is InChI=1S/C21H21ClN6O3/c1-28-16-7-11(22)5-6-14(16)18(27-28)15-9-23-20-19(26-15)17(10-24-20)31-21(30)25-12-3-2-4-13(29)8-12/h5-7,9-10,12-13,29H,2-4,8H2,1H3,(H,23,24)(H,25,30)/t12-,13+/m1/s1. The molecule has 0 saturated heterocycles.